The molecule has 2 fully saturated rings. The topological polar surface area (TPSA) is 222 Å². The molecule has 13 rings (SSSR count). The summed E-state index contributed by atoms with van der Waals surface area (Å²) in [5, 5.41) is 10.4. The van der Waals surface area contributed by atoms with Gasteiger partial charge in [0.15, 0.2) is 22.9 Å². The number of piperazine rings is 2. The average Bonchev–Trinajstić information content (AvgIpc) is 1.57. The highest BCUT2D eigenvalue weighted by Crippen LogP contribution is 2.34. The van der Waals surface area contributed by atoms with E-state index in [1.54, 1.807) is 29.4 Å². The number of hydrogen-bond donors (Lipinski definition) is 4. The van der Waals surface area contributed by atoms with Crippen molar-refractivity contribution in [1.29, 1.82) is 0 Å². The van der Waals surface area contributed by atoms with Crippen molar-refractivity contribution >= 4 is 74.3 Å². The van der Waals surface area contributed by atoms with Crippen molar-refractivity contribution in [3.63, 3.8) is 0 Å². The van der Waals surface area contributed by atoms with E-state index in [4.69, 9.17) is 15.7 Å². The lowest BCUT2D eigenvalue weighted by molar-refractivity contribution is 0.0657. The van der Waals surface area contributed by atoms with Crippen LogP contribution in [0.25, 0.3) is 50.4 Å². The van der Waals surface area contributed by atoms with Crippen LogP contribution in [0.5, 0.6) is 0 Å². The maximum Gasteiger partial charge on any atom is 0.265 e. The molecular weight excluding hydrogens is 1160 g/mol. The minimum absolute atomic E-state index is 0.0419. The van der Waals surface area contributed by atoms with Crippen molar-refractivity contribution in [3.8, 4) is 28.2 Å². The van der Waals surface area contributed by atoms with Gasteiger partial charge in [-0.2, -0.15) is 0 Å². The number of carbonyl (C=O) groups is 3. The van der Waals surface area contributed by atoms with Gasteiger partial charge in [0.25, 0.3) is 23.3 Å². The molecule has 2 aliphatic heterocycles. The van der Waals surface area contributed by atoms with Gasteiger partial charge in [-0.25, -0.2) is 24.9 Å². The molecule has 0 bridgehead atoms. The first-order chi connectivity index (χ1) is 44.5. The third kappa shape index (κ3) is 13.3. The van der Waals surface area contributed by atoms with Gasteiger partial charge in [0.1, 0.15) is 6.33 Å². The van der Waals surface area contributed by atoms with Gasteiger partial charge >= 0.3 is 0 Å². The number of nitrogens with two attached hydrogens (primary N) is 1. The number of fused-ring (bicyclic) bond motifs is 3. The number of anilines is 6. The SMILES string of the molecule is Cc1c(-c2cn3ccnc3c(Nc3ccc(C(=O)N4CCN(C)CC4)cc3)n2)cccc1-n1cnc2cc(C(C)(C)C)ccc2c1=O.Cc1c(NC(=O)c2ccc(C(C)(C)C)cc2N)cccc1-c1cn2ccnc2c(Nc2ccc(C(=O)N3CCN(C)CC3)cc2)n1. The largest absolute Gasteiger partial charge is 0.398 e. The van der Waals surface area contributed by atoms with Crippen molar-refractivity contribution in [1.82, 2.24) is 57.9 Å². The van der Waals surface area contributed by atoms with Crippen LogP contribution in [-0.2, 0) is 10.8 Å². The first-order valence-electron chi connectivity index (χ1n) is 31.4. The second kappa shape index (κ2) is 25.6. The van der Waals surface area contributed by atoms with Gasteiger partial charge in [0.05, 0.1) is 33.5 Å². The molecule has 3 amide bonds. The maximum absolute atomic E-state index is 13.7. The van der Waals surface area contributed by atoms with Gasteiger partial charge in [-0.05, 0) is 146 Å². The Labute approximate surface area is 540 Å². The van der Waals surface area contributed by atoms with Gasteiger partial charge in [-0.15, -0.1) is 0 Å². The molecule has 0 aliphatic carbocycles. The molecule has 474 valence electrons. The number of carbonyl (C=O) groups excluding carboxylic acids is 3. The zero-order valence-electron chi connectivity index (χ0n) is 54.3. The van der Waals surface area contributed by atoms with Crippen LogP contribution < -0.4 is 27.2 Å². The van der Waals surface area contributed by atoms with Gasteiger partial charge in [-0.1, -0.05) is 77.9 Å². The predicted molar refractivity (Wildman–Crippen MR) is 370 cm³/mol. The summed E-state index contributed by atoms with van der Waals surface area (Å²) in [5.74, 6) is 0.970. The van der Waals surface area contributed by atoms with E-state index < -0.39 is 0 Å². The maximum atomic E-state index is 13.7. The fraction of sp³-hybridized carbons (Fsp3) is 0.274. The van der Waals surface area contributed by atoms with E-state index in [-0.39, 0.29) is 34.1 Å². The summed E-state index contributed by atoms with van der Waals surface area (Å²) in [6, 6.07) is 38.0. The summed E-state index contributed by atoms with van der Waals surface area (Å²) in [5.41, 5.74) is 20.4. The molecule has 0 radical (unpaired) electrons. The molecule has 2 aliphatic rings. The summed E-state index contributed by atoms with van der Waals surface area (Å²) in [7, 11) is 4.15. The highest BCUT2D eigenvalue weighted by atomic mass is 16.2. The van der Waals surface area contributed by atoms with Crippen molar-refractivity contribution in [2.24, 2.45) is 0 Å². The molecule has 20 heteroatoms. The van der Waals surface area contributed by atoms with Gasteiger partial charge in [0, 0.05) is 135 Å². The van der Waals surface area contributed by atoms with Crippen LogP contribution in [0.2, 0.25) is 0 Å². The lowest BCUT2D eigenvalue weighted by Crippen LogP contribution is -2.47. The van der Waals surface area contributed by atoms with Gasteiger partial charge in [-0.3, -0.25) is 23.7 Å². The quantitative estimate of drug-likeness (QED) is 0.0885. The molecule has 11 aromatic rings. The van der Waals surface area contributed by atoms with Crippen molar-refractivity contribution in [2.75, 3.05) is 88.1 Å². The summed E-state index contributed by atoms with van der Waals surface area (Å²) < 4.78 is 5.45. The second-order valence-corrected chi connectivity index (χ2v) is 26.2. The number of nitrogens with zero attached hydrogens (tertiary/aromatic N) is 12. The number of hydrogen-bond acceptors (Lipinski definition) is 14. The number of nitrogens with one attached hydrogen (secondary N) is 3. The smallest absolute Gasteiger partial charge is 0.265 e. The standard InChI is InChI=1S/C37H38N8O2.C36H40N8O2/c1-24-28(7-6-8-32(24)45-23-39-30-21-26(37(2,3)4)11-14-29(30)36(45)47)31-22-44-16-15-38-34(44)33(41-31)40-27-12-9-25(10-13-27)35(46)43-19-17-42(5)18-20-43;1-23-27(7-6-8-30(23)41-34(45)28-14-11-25(21-29(28)37)36(2,3)4)31-22-44-16-15-38-33(44)32(40-31)39-26-12-9-24(10-13-26)35(46)43-19-17-42(5)18-20-43/h6-16,21-23H,17-20H2,1-5H3,(H,40,41);6-16,21-22H,17-20,37H2,1-5H3,(H,39,40)(H,41,45). The minimum Gasteiger partial charge on any atom is -0.398 e. The fourth-order valence-corrected chi connectivity index (χ4v) is 11.7. The van der Waals surface area contributed by atoms with Gasteiger partial charge in [0.2, 0.25) is 0 Å². The van der Waals surface area contributed by atoms with Crippen molar-refractivity contribution in [2.45, 2.75) is 66.2 Å². The van der Waals surface area contributed by atoms with Crippen LogP contribution in [0, 0.1) is 13.8 Å². The number of imidazole rings is 2. The average molecular weight is 1240 g/mol. The lowest BCUT2D eigenvalue weighted by atomic mass is 9.86. The molecule has 2 saturated heterocycles. The normalized spacial score (nSPS) is 14.1. The summed E-state index contributed by atoms with van der Waals surface area (Å²) in [6.45, 7) is 23.2. The second-order valence-electron chi connectivity index (χ2n) is 26.2. The van der Waals surface area contributed by atoms with E-state index >= 15 is 0 Å². The number of amides is 3. The number of rotatable bonds is 11. The van der Waals surface area contributed by atoms with E-state index in [1.807, 2.05) is 172 Å². The zero-order chi connectivity index (χ0) is 65.5. The molecule has 5 N–H and O–H groups in total. The number of nitrogen functional groups attached to an aromatic ring is 1. The highest BCUT2D eigenvalue weighted by molar-refractivity contribution is 6.08. The first kappa shape index (κ1) is 62.6. The molecular formula is C73H78N16O4. The monoisotopic (exact) mass is 1240 g/mol. The number of benzene rings is 6. The Morgan fingerprint density at radius 1 is 0.548 bits per heavy atom. The van der Waals surface area contributed by atoms with Crippen molar-refractivity contribution < 1.29 is 14.4 Å². The first-order valence-corrected chi connectivity index (χ1v) is 31.4. The summed E-state index contributed by atoms with van der Waals surface area (Å²) in [4.78, 5) is 85.0. The molecule has 20 nitrogen and oxygen atoms in total. The molecule has 0 atom stereocenters. The van der Waals surface area contributed by atoms with Crippen LogP contribution in [-0.4, -0.2) is 142 Å². The van der Waals surface area contributed by atoms with Crippen LogP contribution >= 0.6 is 0 Å². The molecule has 0 spiro atoms. The van der Waals surface area contributed by atoms with E-state index in [0.717, 1.165) is 108 Å². The molecule has 6 aromatic carbocycles. The molecule has 0 saturated carbocycles. The Hall–Kier alpha value is -10.6. The molecule has 0 unspecified atom stereocenters. The van der Waals surface area contributed by atoms with Crippen LogP contribution in [0.3, 0.4) is 0 Å². The molecule has 5 aromatic heterocycles. The minimum atomic E-state index is -0.270. The van der Waals surface area contributed by atoms with Crippen LogP contribution in [0.15, 0.2) is 170 Å². The third-order valence-corrected chi connectivity index (χ3v) is 17.6. The van der Waals surface area contributed by atoms with Gasteiger partial charge < -0.3 is 50.1 Å². The Balaban J connectivity index is 0.000000179. The Kier molecular flexibility index (Phi) is 17.2. The number of aromatic nitrogens is 8. The summed E-state index contributed by atoms with van der Waals surface area (Å²) >= 11 is 0. The van der Waals surface area contributed by atoms with Crippen LogP contribution in [0.4, 0.5) is 34.4 Å². The fourth-order valence-electron chi connectivity index (χ4n) is 11.7. The van der Waals surface area contributed by atoms with E-state index in [1.165, 1.54) is 0 Å². The van der Waals surface area contributed by atoms with E-state index in [0.29, 0.717) is 67.6 Å². The highest BCUT2D eigenvalue weighted by Gasteiger charge is 2.25. The Morgan fingerprint density at radius 3 is 1.54 bits per heavy atom. The lowest BCUT2D eigenvalue weighted by Gasteiger charge is -2.32. The molecule has 7 heterocycles. The Morgan fingerprint density at radius 2 is 1.03 bits per heavy atom. The van der Waals surface area contributed by atoms with E-state index in [2.05, 4.69) is 96.3 Å². The number of likely N-dealkylation sites (N-methyl/N-ethyl adjacent to an activating group) is 2. The molecule has 93 heavy (non-hydrogen) atoms. The van der Waals surface area contributed by atoms with Crippen molar-refractivity contribution in [3.05, 3.63) is 214 Å². The zero-order valence-corrected chi connectivity index (χ0v) is 54.3. The van der Waals surface area contributed by atoms with E-state index in [9.17, 15) is 19.2 Å². The Bertz CT molecular complexity index is 4690. The third-order valence-electron chi connectivity index (χ3n) is 17.6. The predicted octanol–water partition coefficient (Wildman–Crippen LogP) is 11.8. The summed E-state index contributed by atoms with van der Waals surface area (Å²) in [6.07, 6.45) is 12.7. The van der Waals surface area contributed by atoms with Crippen LogP contribution in [0.1, 0.15) is 94.9 Å².